The van der Waals surface area contributed by atoms with E-state index in [1.54, 1.807) is 20.8 Å². The van der Waals surface area contributed by atoms with E-state index in [2.05, 4.69) is 20.9 Å². The molecule has 0 N–H and O–H groups in total. The van der Waals surface area contributed by atoms with Gasteiger partial charge in [-0.15, -0.1) is 0 Å². The van der Waals surface area contributed by atoms with Crippen molar-refractivity contribution in [2.24, 2.45) is 0 Å². The summed E-state index contributed by atoms with van der Waals surface area (Å²) in [6.45, 7) is 5.09. The van der Waals surface area contributed by atoms with Crippen LogP contribution in [0.5, 0.6) is 0 Å². The largest absolute Gasteiger partial charge is 0.297 e. The molecule has 17 heavy (non-hydrogen) atoms. The van der Waals surface area contributed by atoms with E-state index in [1.165, 1.54) is 10.9 Å². The molecule has 0 aromatic carbocycles. The molecule has 96 valence electrons. The van der Waals surface area contributed by atoms with Crippen molar-refractivity contribution >= 4 is 25.8 Å². The Labute approximate surface area is 109 Å². The van der Waals surface area contributed by atoms with Gasteiger partial charge in [0.25, 0.3) is 5.56 Å². The van der Waals surface area contributed by atoms with Gasteiger partial charge in [0.1, 0.15) is 4.47 Å². The van der Waals surface area contributed by atoms with Gasteiger partial charge < -0.3 is 0 Å². The van der Waals surface area contributed by atoms with E-state index in [9.17, 15) is 13.2 Å². The molecule has 0 aliphatic carbocycles. The van der Waals surface area contributed by atoms with Gasteiger partial charge in [-0.1, -0.05) is 0 Å². The lowest BCUT2D eigenvalue weighted by Crippen LogP contribution is -2.28. The third-order valence-corrected chi connectivity index (χ3v) is 5.59. The van der Waals surface area contributed by atoms with Crippen LogP contribution in [0, 0.1) is 6.92 Å². The SMILES string of the molecule is Cc1ncn(CCS(=O)(=O)C(C)C)c(=O)c1Br. The zero-order chi connectivity index (χ0) is 13.2. The van der Waals surface area contributed by atoms with Crippen LogP contribution in [0.3, 0.4) is 0 Å². The van der Waals surface area contributed by atoms with Crippen LogP contribution in [-0.2, 0) is 16.4 Å². The van der Waals surface area contributed by atoms with Gasteiger partial charge in [-0.3, -0.25) is 9.36 Å². The second-order valence-corrected chi connectivity index (χ2v) is 7.53. The van der Waals surface area contributed by atoms with Gasteiger partial charge in [0.2, 0.25) is 0 Å². The molecule has 0 radical (unpaired) electrons. The average molecular weight is 323 g/mol. The molecule has 1 aromatic heterocycles. The lowest BCUT2D eigenvalue weighted by molar-refractivity contribution is 0.577. The lowest BCUT2D eigenvalue weighted by Gasteiger charge is -2.09. The Balaban J connectivity index is 2.93. The van der Waals surface area contributed by atoms with Gasteiger partial charge in [-0.25, -0.2) is 13.4 Å². The zero-order valence-corrected chi connectivity index (χ0v) is 12.4. The van der Waals surface area contributed by atoms with Gasteiger partial charge in [0.15, 0.2) is 9.84 Å². The van der Waals surface area contributed by atoms with Crippen LogP contribution in [0.4, 0.5) is 0 Å². The minimum absolute atomic E-state index is 0.0538. The maximum absolute atomic E-state index is 11.8. The van der Waals surface area contributed by atoms with Crippen LogP contribution in [0.2, 0.25) is 0 Å². The summed E-state index contributed by atoms with van der Waals surface area (Å²) < 4.78 is 24.9. The first-order valence-electron chi connectivity index (χ1n) is 5.19. The van der Waals surface area contributed by atoms with E-state index < -0.39 is 15.1 Å². The van der Waals surface area contributed by atoms with Gasteiger partial charge >= 0.3 is 0 Å². The van der Waals surface area contributed by atoms with Crippen molar-refractivity contribution in [3.05, 3.63) is 26.8 Å². The first kappa shape index (κ1) is 14.4. The molecule has 0 aliphatic rings. The molecule has 7 heteroatoms. The summed E-state index contributed by atoms with van der Waals surface area (Å²) in [5.41, 5.74) is 0.342. The molecule has 0 atom stereocenters. The Morgan fingerprint density at radius 2 is 2.06 bits per heavy atom. The standard InChI is InChI=1S/C10H15BrN2O3S/c1-7(2)17(15,16)5-4-13-6-12-8(3)9(11)10(13)14/h6-7H,4-5H2,1-3H3. The maximum atomic E-state index is 11.8. The first-order valence-corrected chi connectivity index (χ1v) is 7.69. The summed E-state index contributed by atoms with van der Waals surface area (Å²) in [4.78, 5) is 15.8. The number of hydrogen-bond donors (Lipinski definition) is 0. The lowest BCUT2D eigenvalue weighted by atomic mass is 10.4. The quantitative estimate of drug-likeness (QED) is 0.833. The summed E-state index contributed by atoms with van der Waals surface area (Å²) in [5.74, 6) is -0.0538. The minimum atomic E-state index is -3.14. The number of aromatic nitrogens is 2. The molecule has 0 aliphatic heterocycles. The fraction of sp³-hybridized carbons (Fsp3) is 0.600. The van der Waals surface area contributed by atoms with E-state index in [1.807, 2.05) is 0 Å². The number of sulfone groups is 1. The van der Waals surface area contributed by atoms with Gasteiger partial charge in [-0.2, -0.15) is 0 Å². The highest BCUT2D eigenvalue weighted by Gasteiger charge is 2.16. The van der Waals surface area contributed by atoms with Crippen molar-refractivity contribution in [2.45, 2.75) is 32.6 Å². The first-order chi connectivity index (χ1) is 7.75. The highest BCUT2D eigenvalue weighted by molar-refractivity contribution is 9.10. The van der Waals surface area contributed by atoms with Gasteiger partial charge in [-0.05, 0) is 36.7 Å². The smallest absolute Gasteiger partial charge is 0.267 e. The van der Waals surface area contributed by atoms with Crippen LogP contribution in [-0.4, -0.2) is 29.0 Å². The summed E-state index contributed by atoms with van der Waals surface area (Å²) >= 11 is 3.13. The Hall–Kier alpha value is -0.690. The molecule has 0 saturated carbocycles. The number of hydrogen-bond acceptors (Lipinski definition) is 4. The number of rotatable bonds is 4. The predicted molar refractivity (Wildman–Crippen MR) is 69.9 cm³/mol. The molecular weight excluding hydrogens is 308 g/mol. The van der Waals surface area contributed by atoms with Gasteiger partial charge in [0, 0.05) is 6.54 Å². The Bertz CT molecular complexity index is 563. The fourth-order valence-electron chi connectivity index (χ4n) is 1.17. The average Bonchev–Trinajstić information content (AvgIpc) is 2.25. The monoisotopic (exact) mass is 322 g/mol. The molecule has 0 spiro atoms. The number of halogens is 1. The normalized spacial score (nSPS) is 12.1. The van der Waals surface area contributed by atoms with Crippen molar-refractivity contribution in [2.75, 3.05) is 5.75 Å². The van der Waals surface area contributed by atoms with Crippen molar-refractivity contribution in [1.29, 1.82) is 0 Å². The van der Waals surface area contributed by atoms with Gasteiger partial charge in [0.05, 0.1) is 23.0 Å². The minimum Gasteiger partial charge on any atom is -0.297 e. The molecule has 0 saturated heterocycles. The van der Waals surface area contributed by atoms with Crippen LogP contribution < -0.4 is 5.56 Å². The second-order valence-electron chi connectivity index (χ2n) is 4.06. The summed E-state index contributed by atoms with van der Waals surface area (Å²) in [6.07, 6.45) is 1.37. The van der Waals surface area contributed by atoms with Crippen LogP contribution in [0.15, 0.2) is 15.6 Å². The third-order valence-electron chi connectivity index (χ3n) is 2.49. The summed E-state index contributed by atoms with van der Waals surface area (Å²) in [5, 5.41) is -0.431. The summed E-state index contributed by atoms with van der Waals surface area (Å²) in [6, 6.07) is 0. The topological polar surface area (TPSA) is 69.0 Å². The molecule has 1 rings (SSSR count). The van der Waals surface area contributed by atoms with Crippen LogP contribution >= 0.6 is 15.9 Å². The van der Waals surface area contributed by atoms with E-state index in [4.69, 9.17) is 0 Å². The maximum Gasteiger partial charge on any atom is 0.267 e. The highest BCUT2D eigenvalue weighted by atomic mass is 79.9. The van der Waals surface area contributed by atoms with Crippen LogP contribution in [0.25, 0.3) is 0 Å². The number of nitrogens with zero attached hydrogens (tertiary/aromatic N) is 2. The molecule has 5 nitrogen and oxygen atoms in total. The van der Waals surface area contributed by atoms with Crippen LogP contribution in [0.1, 0.15) is 19.5 Å². The molecule has 1 aromatic rings. The van der Waals surface area contributed by atoms with E-state index >= 15 is 0 Å². The molecule has 1 heterocycles. The van der Waals surface area contributed by atoms with Crippen molar-refractivity contribution in [3.63, 3.8) is 0 Å². The molecule has 0 bridgehead atoms. The van der Waals surface area contributed by atoms with Crippen molar-refractivity contribution < 1.29 is 8.42 Å². The molecule has 0 fully saturated rings. The molecule has 0 amide bonds. The Morgan fingerprint density at radius 3 is 2.59 bits per heavy atom. The zero-order valence-electron chi connectivity index (χ0n) is 9.97. The second kappa shape index (κ2) is 5.30. The molecular formula is C10H15BrN2O3S. The van der Waals surface area contributed by atoms with Crippen molar-refractivity contribution in [3.8, 4) is 0 Å². The van der Waals surface area contributed by atoms with E-state index in [0.717, 1.165) is 0 Å². The molecule has 0 unspecified atom stereocenters. The van der Waals surface area contributed by atoms with E-state index in [0.29, 0.717) is 10.2 Å². The predicted octanol–water partition coefficient (Wildman–Crippen LogP) is 1.14. The summed E-state index contributed by atoms with van der Waals surface area (Å²) in [7, 11) is -3.14. The Morgan fingerprint density at radius 1 is 1.47 bits per heavy atom. The van der Waals surface area contributed by atoms with E-state index in [-0.39, 0.29) is 17.9 Å². The highest BCUT2D eigenvalue weighted by Crippen LogP contribution is 2.07. The van der Waals surface area contributed by atoms with Crippen molar-refractivity contribution in [1.82, 2.24) is 9.55 Å². The fourth-order valence-corrected chi connectivity index (χ4v) is 2.42. The third kappa shape index (κ3) is 3.38. The number of aryl methyl sites for hydroxylation is 2. The Kier molecular flexibility index (Phi) is 4.48.